The average Bonchev–Trinajstić information content (AvgIpc) is 3.17. The lowest BCUT2D eigenvalue weighted by Crippen LogP contribution is -1.96. The predicted octanol–water partition coefficient (Wildman–Crippen LogP) is 2.90. The van der Waals surface area contributed by atoms with Crippen molar-refractivity contribution in [1.29, 1.82) is 0 Å². The number of hydrogen-bond acceptors (Lipinski definition) is 5. The molecule has 0 unspecified atom stereocenters. The highest BCUT2D eigenvalue weighted by atomic mass is 35.5. The number of nitrogens with two attached hydrogens (primary N) is 1. The lowest BCUT2D eigenvalue weighted by atomic mass is 10.1. The Morgan fingerprint density at radius 2 is 1.95 bits per heavy atom. The van der Waals surface area contributed by atoms with Gasteiger partial charge in [0.1, 0.15) is 5.69 Å². The average molecular weight is 315 g/mol. The highest BCUT2D eigenvalue weighted by Gasteiger charge is 2.15. The summed E-state index contributed by atoms with van der Waals surface area (Å²) in [6.07, 6.45) is 1.82. The number of hydrogen-bond donors (Lipinski definition) is 1. The number of benzene rings is 2. The van der Waals surface area contributed by atoms with E-state index >= 15 is 0 Å². The van der Waals surface area contributed by atoms with Crippen LogP contribution in [0.4, 0.5) is 5.69 Å². The van der Waals surface area contributed by atoms with Gasteiger partial charge in [0, 0.05) is 5.56 Å². The molecule has 0 radical (unpaired) electrons. The standard InChI is InChI=1S/C15H11ClN4O2/c16-11-3-2-10(6-12(11)17)20-7-13(18-19-20)9-1-4-14-15(5-9)22-8-21-14/h1-7H,8,17H2. The maximum Gasteiger partial charge on any atom is 0.231 e. The Kier molecular flexibility index (Phi) is 2.90. The van der Waals surface area contributed by atoms with Crippen molar-refractivity contribution >= 4 is 17.3 Å². The van der Waals surface area contributed by atoms with E-state index in [-0.39, 0.29) is 6.79 Å². The van der Waals surface area contributed by atoms with Crippen LogP contribution < -0.4 is 15.2 Å². The molecule has 0 bridgehead atoms. The first kappa shape index (κ1) is 13.0. The molecule has 110 valence electrons. The minimum Gasteiger partial charge on any atom is -0.454 e. The van der Waals surface area contributed by atoms with Crippen LogP contribution in [0.15, 0.2) is 42.6 Å². The van der Waals surface area contributed by atoms with Gasteiger partial charge in [0.05, 0.1) is 22.6 Å². The van der Waals surface area contributed by atoms with Gasteiger partial charge < -0.3 is 15.2 Å². The molecule has 1 aliphatic rings. The predicted molar refractivity (Wildman–Crippen MR) is 82.3 cm³/mol. The van der Waals surface area contributed by atoms with Gasteiger partial charge in [0.2, 0.25) is 6.79 Å². The maximum atomic E-state index is 5.93. The molecule has 0 atom stereocenters. The molecular weight excluding hydrogens is 304 g/mol. The van der Waals surface area contributed by atoms with E-state index in [1.165, 1.54) is 0 Å². The zero-order valence-electron chi connectivity index (χ0n) is 11.4. The fourth-order valence-electron chi connectivity index (χ4n) is 2.25. The Labute approximate surface area is 131 Å². The van der Waals surface area contributed by atoms with Gasteiger partial charge in [0.15, 0.2) is 11.5 Å². The Balaban J connectivity index is 1.70. The van der Waals surface area contributed by atoms with Gasteiger partial charge in [0.25, 0.3) is 0 Å². The van der Waals surface area contributed by atoms with Crippen molar-refractivity contribution in [2.45, 2.75) is 0 Å². The second-order valence-electron chi connectivity index (χ2n) is 4.82. The Morgan fingerprint density at radius 1 is 1.09 bits per heavy atom. The summed E-state index contributed by atoms with van der Waals surface area (Å²) in [7, 11) is 0. The van der Waals surface area contributed by atoms with E-state index in [1.807, 2.05) is 30.5 Å². The largest absolute Gasteiger partial charge is 0.454 e. The third kappa shape index (κ3) is 2.14. The molecule has 1 aromatic heterocycles. The number of halogens is 1. The molecule has 0 saturated heterocycles. The molecule has 4 rings (SSSR count). The Bertz CT molecular complexity index is 862. The zero-order chi connectivity index (χ0) is 15.1. The van der Waals surface area contributed by atoms with E-state index < -0.39 is 0 Å². The Hall–Kier alpha value is -2.73. The summed E-state index contributed by atoms with van der Waals surface area (Å²) < 4.78 is 12.3. The summed E-state index contributed by atoms with van der Waals surface area (Å²) in [5.74, 6) is 1.45. The van der Waals surface area contributed by atoms with E-state index in [9.17, 15) is 0 Å². The van der Waals surface area contributed by atoms with Crippen LogP contribution in [0.3, 0.4) is 0 Å². The molecule has 0 fully saturated rings. The molecule has 7 heteroatoms. The third-order valence-corrected chi connectivity index (χ3v) is 3.75. The Morgan fingerprint density at radius 3 is 2.82 bits per heavy atom. The van der Waals surface area contributed by atoms with Crippen molar-refractivity contribution in [1.82, 2.24) is 15.0 Å². The second-order valence-corrected chi connectivity index (χ2v) is 5.23. The maximum absolute atomic E-state index is 5.93. The number of anilines is 1. The molecular formula is C15H11ClN4O2. The minimum atomic E-state index is 0.246. The van der Waals surface area contributed by atoms with Crippen LogP contribution in [0.25, 0.3) is 16.9 Å². The number of nitrogens with zero attached hydrogens (tertiary/aromatic N) is 3. The molecule has 2 heterocycles. The topological polar surface area (TPSA) is 75.2 Å². The van der Waals surface area contributed by atoms with E-state index in [0.717, 1.165) is 22.7 Å². The lowest BCUT2D eigenvalue weighted by molar-refractivity contribution is 0.174. The molecule has 0 saturated carbocycles. The van der Waals surface area contributed by atoms with Crippen molar-refractivity contribution in [2.24, 2.45) is 0 Å². The molecule has 22 heavy (non-hydrogen) atoms. The van der Waals surface area contributed by atoms with Crippen LogP contribution in [-0.4, -0.2) is 21.8 Å². The molecule has 0 spiro atoms. The van der Waals surface area contributed by atoms with Crippen LogP contribution in [0, 0.1) is 0 Å². The number of ether oxygens (including phenoxy) is 2. The monoisotopic (exact) mass is 314 g/mol. The van der Waals surface area contributed by atoms with E-state index in [1.54, 1.807) is 16.8 Å². The molecule has 0 aliphatic carbocycles. The summed E-state index contributed by atoms with van der Waals surface area (Å²) in [5, 5.41) is 8.82. The van der Waals surface area contributed by atoms with Crippen LogP contribution >= 0.6 is 11.6 Å². The van der Waals surface area contributed by atoms with Gasteiger partial charge >= 0.3 is 0 Å². The quantitative estimate of drug-likeness (QED) is 0.736. The van der Waals surface area contributed by atoms with Gasteiger partial charge in [-0.05, 0) is 36.4 Å². The van der Waals surface area contributed by atoms with Crippen molar-refractivity contribution in [3.63, 3.8) is 0 Å². The third-order valence-electron chi connectivity index (χ3n) is 3.41. The summed E-state index contributed by atoms with van der Waals surface area (Å²) in [4.78, 5) is 0. The first-order chi connectivity index (χ1) is 10.7. The first-order valence-electron chi connectivity index (χ1n) is 6.58. The van der Waals surface area contributed by atoms with Gasteiger partial charge in [-0.1, -0.05) is 16.8 Å². The SMILES string of the molecule is Nc1cc(-n2cc(-c3ccc4c(c3)OCO4)nn2)ccc1Cl. The molecule has 1 aliphatic heterocycles. The summed E-state index contributed by atoms with van der Waals surface area (Å²) in [6.45, 7) is 0.246. The molecule has 3 aromatic rings. The highest BCUT2D eigenvalue weighted by Crippen LogP contribution is 2.35. The summed E-state index contributed by atoms with van der Waals surface area (Å²) in [6, 6.07) is 11.0. The van der Waals surface area contributed by atoms with Crippen molar-refractivity contribution in [2.75, 3.05) is 12.5 Å². The van der Waals surface area contributed by atoms with Crippen LogP contribution in [0.5, 0.6) is 11.5 Å². The molecule has 2 N–H and O–H groups in total. The fourth-order valence-corrected chi connectivity index (χ4v) is 2.37. The van der Waals surface area contributed by atoms with E-state index in [4.69, 9.17) is 26.8 Å². The normalized spacial score (nSPS) is 12.6. The van der Waals surface area contributed by atoms with Crippen LogP contribution in [-0.2, 0) is 0 Å². The minimum absolute atomic E-state index is 0.246. The highest BCUT2D eigenvalue weighted by molar-refractivity contribution is 6.33. The zero-order valence-corrected chi connectivity index (χ0v) is 12.1. The number of rotatable bonds is 2. The van der Waals surface area contributed by atoms with Crippen LogP contribution in [0.1, 0.15) is 0 Å². The summed E-state index contributed by atoms with van der Waals surface area (Å²) in [5.41, 5.74) is 8.73. The van der Waals surface area contributed by atoms with Gasteiger partial charge in [-0.3, -0.25) is 0 Å². The second kappa shape index (κ2) is 4.92. The molecule has 2 aromatic carbocycles. The molecule has 6 nitrogen and oxygen atoms in total. The lowest BCUT2D eigenvalue weighted by Gasteiger charge is -2.02. The van der Waals surface area contributed by atoms with Gasteiger partial charge in [-0.25, -0.2) is 4.68 Å². The fraction of sp³-hybridized carbons (Fsp3) is 0.0667. The van der Waals surface area contributed by atoms with Gasteiger partial charge in [-0.2, -0.15) is 0 Å². The first-order valence-corrected chi connectivity index (χ1v) is 6.96. The van der Waals surface area contributed by atoms with E-state index in [2.05, 4.69) is 10.3 Å². The number of nitrogen functional groups attached to an aromatic ring is 1. The van der Waals surface area contributed by atoms with Crippen molar-refractivity contribution in [3.05, 3.63) is 47.6 Å². The smallest absolute Gasteiger partial charge is 0.231 e. The summed E-state index contributed by atoms with van der Waals surface area (Å²) >= 11 is 5.93. The van der Waals surface area contributed by atoms with E-state index in [0.29, 0.717) is 16.5 Å². The number of fused-ring (bicyclic) bond motifs is 1. The van der Waals surface area contributed by atoms with Crippen LogP contribution in [0.2, 0.25) is 5.02 Å². The molecule has 0 amide bonds. The number of aromatic nitrogens is 3. The van der Waals surface area contributed by atoms with Gasteiger partial charge in [-0.15, -0.1) is 5.10 Å². The van der Waals surface area contributed by atoms with Crippen molar-refractivity contribution < 1.29 is 9.47 Å². The van der Waals surface area contributed by atoms with Crippen molar-refractivity contribution in [3.8, 4) is 28.4 Å².